The molecule has 0 saturated carbocycles. The fourth-order valence-corrected chi connectivity index (χ4v) is 7.73. The van der Waals surface area contributed by atoms with Crippen LogP contribution in [0.5, 0.6) is 0 Å². The fraction of sp³-hybridized carbons (Fsp3) is 0.143. The lowest BCUT2D eigenvalue weighted by Crippen LogP contribution is -2.19. The van der Waals surface area contributed by atoms with Gasteiger partial charge in [0.25, 0.3) is 0 Å². The maximum Gasteiger partial charge on any atom is 0.0590 e. The van der Waals surface area contributed by atoms with Gasteiger partial charge in [0.15, 0.2) is 0 Å². The Morgan fingerprint density at radius 2 is 1.05 bits per heavy atom. The third kappa shape index (κ3) is 4.26. The van der Waals surface area contributed by atoms with E-state index in [9.17, 15) is 0 Å². The van der Waals surface area contributed by atoms with E-state index in [1.54, 1.807) is 0 Å². The summed E-state index contributed by atoms with van der Waals surface area (Å²) >= 11 is 24.5. The van der Waals surface area contributed by atoms with E-state index in [-0.39, 0.29) is 19.0 Å². The van der Waals surface area contributed by atoms with Crippen LogP contribution in [0.4, 0.5) is 0 Å². The minimum absolute atomic E-state index is 0.357. The van der Waals surface area contributed by atoms with Crippen molar-refractivity contribution in [3.63, 3.8) is 0 Å². The van der Waals surface area contributed by atoms with Gasteiger partial charge in [0.05, 0.1) is 39.1 Å². The first kappa shape index (κ1) is 16.4. The summed E-state index contributed by atoms with van der Waals surface area (Å²) in [6.07, 6.45) is 0. The van der Waals surface area contributed by atoms with Gasteiger partial charge in [-0.3, -0.25) is 0 Å². The van der Waals surface area contributed by atoms with Crippen LogP contribution < -0.4 is 10.4 Å². The van der Waals surface area contributed by atoms with Gasteiger partial charge in [-0.1, -0.05) is 82.8 Å². The van der Waals surface area contributed by atoms with E-state index >= 15 is 0 Å². The van der Waals surface area contributed by atoms with E-state index in [1.165, 1.54) is 22.5 Å². The second-order valence-corrected chi connectivity index (χ2v) is 10.1. The fourth-order valence-electron chi connectivity index (χ4n) is 2.11. The Labute approximate surface area is 144 Å². The highest BCUT2D eigenvalue weighted by Crippen LogP contribution is 2.19. The van der Waals surface area contributed by atoms with Gasteiger partial charge in [0, 0.05) is 0 Å². The maximum absolute atomic E-state index is 6.21. The van der Waals surface area contributed by atoms with Crippen LogP contribution >= 0.6 is 46.4 Å². The van der Waals surface area contributed by atoms with Crippen molar-refractivity contribution in [2.75, 3.05) is 0 Å². The van der Waals surface area contributed by atoms with Gasteiger partial charge in [-0.2, -0.15) is 0 Å². The largest absolute Gasteiger partial charge is 0.0829 e. The van der Waals surface area contributed by atoms with Crippen molar-refractivity contribution in [3.8, 4) is 0 Å². The normalized spacial score (nSPS) is 12.0. The highest BCUT2D eigenvalue weighted by atomic mass is 35.5. The summed E-state index contributed by atoms with van der Waals surface area (Å²) in [5.41, 5.74) is 0. The number of rotatable bonds is 5. The van der Waals surface area contributed by atoms with Gasteiger partial charge in [0.2, 0.25) is 0 Å². The molecule has 2 rings (SSSR count). The van der Waals surface area contributed by atoms with Crippen LogP contribution in [0.3, 0.4) is 0 Å². The minimum Gasteiger partial charge on any atom is -0.0829 e. The molecule has 0 N–H and O–H groups in total. The molecule has 2 aromatic carbocycles. The predicted octanol–water partition coefficient (Wildman–Crippen LogP) is 3.43. The van der Waals surface area contributed by atoms with Crippen molar-refractivity contribution in [1.82, 2.24) is 0 Å². The average molecular weight is 380 g/mol. The molecule has 20 heavy (non-hydrogen) atoms. The van der Waals surface area contributed by atoms with Crippen molar-refractivity contribution in [2.24, 2.45) is 0 Å². The Kier molecular flexibility index (Phi) is 6.46. The van der Waals surface area contributed by atoms with E-state index in [2.05, 4.69) is 12.1 Å². The molecule has 0 bridgehead atoms. The van der Waals surface area contributed by atoms with Crippen LogP contribution in [0.2, 0.25) is 32.2 Å². The van der Waals surface area contributed by atoms with E-state index < -0.39 is 0 Å². The molecule has 6 heteroatoms. The van der Waals surface area contributed by atoms with Crippen LogP contribution in [-0.4, -0.2) is 19.0 Å². The second kappa shape index (κ2) is 7.88. The highest BCUT2D eigenvalue weighted by molar-refractivity contribution is 6.64. The van der Waals surface area contributed by atoms with Crippen LogP contribution in [0.25, 0.3) is 0 Å². The van der Waals surface area contributed by atoms with E-state index in [4.69, 9.17) is 46.4 Å². The molecule has 106 valence electrons. The summed E-state index contributed by atoms with van der Waals surface area (Å²) in [5, 5.41) is 5.31. The summed E-state index contributed by atoms with van der Waals surface area (Å²) in [6.45, 7) is 0. The summed E-state index contributed by atoms with van der Waals surface area (Å²) < 4.78 is 0. The summed E-state index contributed by atoms with van der Waals surface area (Å²) in [4.78, 5) is 0. The molecule has 0 aliphatic rings. The lowest BCUT2D eigenvalue weighted by atomic mass is 10.4. The number of hydrogen-bond donors (Lipinski definition) is 0. The van der Waals surface area contributed by atoms with Gasteiger partial charge >= 0.3 is 0 Å². The zero-order valence-corrected chi connectivity index (χ0v) is 16.7. The average Bonchev–Trinajstić information content (AvgIpc) is 2.43. The molecule has 0 unspecified atom stereocenters. The molecule has 0 fully saturated rings. The van der Waals surface area contributed by atoms with Crippen LogP contribution in [0.15, 0.2) is 36.4 Å². The number of hydrogen-bond acceptors (Lipinski definition) is 0. The Bertz CT molecular complexity index is 548. The molecule has 0 amide bonds. The molecule has 0 saturated heterocycles. The summed E-state index contributed by atoms with van der Waals surface area (Å²) in [6, 6.07) is 14.3. The molecule has 2 aromatic rings. The lowest BCUT2D eigenvalue weighted by Gasteiger charge is -2.06. The minimum atomic E-state index is -0.357. The standard InChI is InChI=1S/C14H14Cl4Si2/c15-9-3-1-5-11(13(9)17)19-7-8-20-12-6-2-4-10(16)14(12)18/h1-6H,7-8,19-20H2. The Morgan fingerprint density at radius 1 is 0.650 bits per heavy atom. The molecular formula is C14H14Cl4Si2. The van der Waals surface area contributed by atoms with Crippen molar-refractivity contribution in [2.45, 2.75) is 12.1 Å². The van der Waals surface area contributed by atoms with E-state index in [0.29, 0.717) is 10.0 Å². The molecule has 0 nitrogen and oxygen atoms in total. The summed E-state index contributed by atoms with van der Waals surface area (Å²) in [5.74, 6) is 0. The van der Waals surface area contributed by atoms with Crippen molar-refractivity contribution in [3.05, 3.63) is 56.5 Å². The Morgan fingerprint density at radius 3 is 1.45 bits per heavy atom. The van der Waals surface area contributed by atoms with Crippen molar-refractivity contribution in [1.29, 1.82) is 0 Å². The first-order valence-corrected chi connectivity index (χ1v) is 11.4. The molecule has 0 aliphatic heterocycles. The maximum atomic E-state index is 6.21. The van der Waals surface area contributed by atoms with E-state index in [1.807, 2.05) is 24.3 Å². The topological polar surface area (TPSA) is 0 Å². The molecule has 0 radical (unpaired) electrons. The molecule has 0 aliphatic carbocycles. The Balaban J connectivity index is 1.88. The monoisotopic (exact) mass is 378 g/mol. The molecule has 0 aromatic heterocycles. The Hall–Kier alpha value is 0.0338. The quantitative estimate of drug-likeness (QED) is 0.551. The lowest BCUT2D eigenvalue weighted by molar-refractivity contribution is 1.42. The SMILES string of the molecule is Clc1cccc([SiH2]CC[SiH2]c2cccc(Cl)c2Cl)c1Cl. The smallest absolute Gasteiger partial charge is 0.0590 e. The zero-order chi connectivity index (χ0) is 14.5. The van der Waals surface area contributed by atoms with Crippen molar-refractivity contribution >= 4 is 75.8 Å². The molecule has 0 spiro atoms. The van der Waals surface area contributed by atoms with Crippen LogP contribution in [-0.2, 0) is 0 Å². The van der Waals surface area contributed by atoms with Gasteiger partial charge in [-0.25, -0.2) is 0 Å². The second-order valence-electron chi connectivity index (χ2n) is 4.63. The highest BCUT2D eigenvalue weighted by Gasteiger charge is 2.07. The summed E-state index contributed by atoms with van der Waals surface area (Å²) in [7, 11) is -0.715. The van der Waals surface area contributed by atoms with Crippen LogP contribution in [0, 0.1) is 0 Å². The van der Waals surface area contributed by atoms with Gasteiger partial charge in [-0.05, 0) is 22.5 Å². The molecular weight excluding hydrogens is 366 g/mol. The zero-order valence-electron chi connectivity index (χ0n) is 10.8. The third-order valence-corrected chi connectivity index (χ3v) is 10.3. The number of halogens is 4. The first-order chi connectivity index (χ1) is 9.59. The molecule has 0 atom stereocenters. The predicted molar refractivity (Wildman–Crippen MR) is 98.9 cm³/mol. The number of benzene rings is 2. The van der Waals surface area contributed by atoms with Gasteiger partial charge in [-0.15, -0.1) is 0 Å². The van der Waals surface area contributed by atoms with Gasteiger partial charge in [0.1, 0.15) is 0 Å². The van der Waals surface area contributed by atoms with Gasteiger partial charge < -0.3 is 0 Å². The third-order valence-electron chi connectivity index (χ3n) is 3.21. The molecule has 0 heterocycles. The van der Waals surface area contributed by atoms with E-state index in [0.717, 1.165) is 10.0 Å². The van der Waals surface area contributed by atoms with Crippen LogP contribution in [0.1, 0.15) is 0 Å². The first-order valence-electron chi connectivity index (χ1n) is 6.45. The van der Waals surface area contributed by atoms with Crippen molar-refractivity contribution < 1.29 is 0 Å².